The molecule has 1 heterocycles. The minimum absolute atomic E-state index is 0.280. The molecular weight excluding hydrogens is 260 g/mol. The van der Waals surface area contributed by atoms with Gasteiger partial charge in [0.1, 0.15) is 0 Å². The van der Waals surface area contributed by atoms with Crippen molar-refractivity contribution in [2.45, 2.75) is 12.5 Å². The molecule has 2 rings (SSSR count). The summed E-state index contributed by atoms with van der Waals surface area (Å²) >= 11 is 5.33. The Labute approximate surface area is 97.0 Å². The molecule has 2 unspecified atom stereocenters. The first-order chi connectivity index (χ1) is 6.77. The van der Waals surface area contributed by atoms with E-state index in [0.717, 1.165) is 22.2 Å². The van der Waals surface area contributed by atoms with E-state index in [4.69, 9.17) is 0 Å². The molecule has 1 fully saturated rings. The highest BCUT2D eigenvalue weighted by Gasteiger charge is 2.24. The smallest absolute Gasteiger partial charge is 0.0826 e. The van der Waals surface area contributed by atoms with Gasteiger partial charge >= 0.3 is 0 Å². The Kier molecular flexibility index (Phi) is 3.52. The van der Waals surface area contributed by atoms with Crippen molar-refractivity contribution in [1.82, 2.24) is 0 Å². The second-order valence-corrected chi connectivity index (χ2v) is 5.69. The van der Waals surface area contributed by atoms with Crippen molar-refractivity contribution < 1.29 is 5.11 Å². The molecule has 1 saturated heterocycles. The third kappa shape index (κ3) is 2.33. The van der Waals surface area contributed by atoms with Crippen LogP contribution < -0.4 is 0 Å². The second kappa shape index (κ2) is 4.69. The largest absolute Gasteiger partial charge is 0.388 e. The van der Waals surface area contributed by atoms with Gasteiger partial charge in [0.25, 0.3) is 0 Å². The Balaban J connectivity index is 2.09. The van der Waals surface area contributed by atoms with Crippen LogP contribution in [0.1, 0.15) is 18.1 Å². The van der Waals surface area contributed by atoms with E-state index in [2.05, 4.69) is 15.9 Å². The van der Waals surface area contributed by atoms with Crippen molar-refractivity contribution in [3.63, 3.8) is 0 Å². The predicted molar refractivity (Wildman–Crippen MR) is 64.5 cm³/mol. The van der Waals surface area contributed by atoms with Crippen LogP contribution in [-0.4, -0.2) is 16.6 Å². The minimum atomic E-state index is -0.280. The topological polar surface area (TPSA) is 20.2 Å². The molecular formula is C11H13BrOS. The fourth-order valence-electron chi connectivity index (χ4n) is 1.73. The SMILES string of the molecule is OC(c1ccc(Br)cc1)C1CCSC1. The van der Waals surface area contributed by atoms with Gasteiger partial charge in [-0.15, -0.1) is 0 Å². The van der Waals surface area contributed by atoms with E-state index >= 15 is 0 Å². The van der Waals surface area contributed by atoms with Crippen LogP contribution in [0.15, 0.2) is 28.7 Å². The molecule has 0 radical (unpaired) electrons. The molecule has 1 aliphatic rings. The fraction of sp³-hybridized carbons (Fsp3) is 0.455. The summed E-state index contributed by atoms with van der Waals surface area (Å²) in [5.41, 5.74) is 1.04. The number of rotatable bonds is 2. The van der Waals surface area contributed by atoms with Crippen LogP contribution in [0, 0.1) is 5.92 Å². The molecule has 3 heteroatoms. The van der Waals surface area contributed by atoms with Gasteiger partial charge in [-0.1, -0.05) is 28.1 Å². The molecule has 0 aromatic heterocycles. The standard InChI is InChI=1S/C11H13BrOS/c12-10-3-1-8(2-4-10)11(13)9-5-6-14-7-9/h1-4,9,11,13H,5-7H2. The van der Waals surface area contributed by atoms with Gasteiger partial charge < -0.3 is 5.11 Å². The summed E-state index contributed by atoms with van der Waals surface area (Å²) < 4.78 is 1.06. The monoisotopic (exact) mass is 272 g/mol. The van der Waals surface area contributed by atoms with E-state index in [-0.39, 0.29) is 6.10 Å². The van der Waals surface area contributed by atoms with Crippen molar-refractivity contribution in [2.24, 2.45) is 5.92 Å². The average molecular weight is 273 g/mol. The van der Waals surface area contributed by atoms with E-state index in [1.165, 1.54) is 5.75 Å². The van der Waals surface area contributed by atoms with Crippen LogP contribution in [0.4, 0.5) is 0 Å². The quantitative estimate of drug-likeness (QED) is 0.892. The van der Waals surface area contributed by atoms with Gasteiger partial charge in [-0.05, 0) is 41.5 Å². The van der Waals surface area contributed by atoms with Gasteiger partial charge in [0, 0.05) is 4.47 Å². The molecule has 76 valence electrons. The highest BCUT2D eigenvalue weighted by molar-refractivity contribution is 9.10. The highest BCUT2D eigenvalue weighted by Crippen LogP contribution is 2.34. The molecule has 14 heavy (non-hydrogen) atoms. The van der Waals surface area contributed by atoms with E-state index < -0.39 is 0 Å². The Morgan fingerprint density at radius 3 is 2.64 bits per heavy atom. The maximum absolute atomic E-state index is 10.1. The first-order valence-corrected chi connectivity index (χ1v) is 6.73. The molecule has 1 nitrogen and oxygen atoms in total. The summed E-state index contributed by atoms with van der Waals surface area (Å²) in [7, 11) is 0. The molecule has 1 aliphatic heterocycles. The van der Waals surface area contributed by atoms with Gasteiger partial charge in [0.05, 0.1) is 6.10 Å². The molecule has 1 N–H and O–H groups in total. The van der Waals surface area contributed by atoms with E-state index in [0.29, 0.717) is 5.92 Å². The average Bonchev–Trinajstić information content (AvgIpc) is 2.71. The number of thioether (sulfide) groups is 1. The lowest BCUT2D eigenvalue weighted by atomic mass is 9.95. The number of hydrogen-bond acceptors (Lipinski definition) is 2. The Bertz CT molecular complexity index is 293. The van der Waals surface area contributed by atoms with E-state index in [9.17, 15) is 5.11 Å². The number of aliphatic hydroxyl groups excluding tert-OH is 1. The maximum atomic E-state index is 10.1. The Morgan fingerprint density at radius 2 is 2.07 bits per heavy atom. The van der Waals surface area contributed by atoms with Gasteiger partial charge in [-0.3, -0.25) is 0 Å². The normalized spacial score (nSPS) is 23.7. The first-order valence-electron chi connectivity index (χ1n) is 4.78. The molecule has 0 spiro atoms. The predicted octanol–water partition coefficient (Wildman–Crippen LogP) is 3.24. The van der Waals surface area contributed by atoms with Crippen LogP contribution in [0.2, 0.25) is 0 Å². The van der Waals surface area contributed by atoms with Gasteiger partial charge in [0.2, 0.25) is 0 Å². The van der Waals surface area contributed by atoms with Crippen molar-refractivity contribution in [1.29, 1.82) is 0 Å². The summed E-state index contributed by atoms with van der Waals surface area (Å²) in [5.74, 6) is 2.73. The van der Waals surface area contributed by atoms with Crippen LogP contribution >= 0.6 is 27.7 Å². The second-order valence-electron chi connectivity index (χ2n) is 3.62. The lowest BCUT2D eigenvalue weighted by molar-refractivity contribution is 0.121. The molecule has 0 bridgehead atoms. The zero-order valence-electron chi connectivity index (χ0n) is 7.82. The summed E-state index contributed by atoms with van der Waals surface area (Å²) in [6, 6.07) is 7.97. The molecule has 1 aromatic carbocycles. The van der Waals surface area contributed by atoms with Gasteiger partial charge in [-0.25, -0.2) is 0 Å². The zero-order valence-corrected chi connectivity index (χ0v) is 10.2. The zero-order chi connectivity index (χ0) is 9.97. The molecule has 1 aromatic rings. The third-order valence-corrected chi connectivity index (χ3v) is 4.34. The Hall–Kier alpha value is 0.01000. The van der Waals surface area contributed by atoms with E-state index in [1.807, 2.05) is 36.0 Å². The van der Waals surface area contributed by atoms with Gasteiger partial charge in [-0.2, -0.15) is 11.8 Å². The molecule has 0 aliphatic carbocycles. The first kappa shape index (κ1) is 10.5. The lowest BCUT2D eigenvalue weighted by Crippen LogP contribution is -2.11. The molecule has 0 amide bonds. The van der Waals surface area contributed by atoms with Crippen LogP contribution in [0.25, 0.3) is 0 Å². The summed E-state index contributed by atoms with van der Waals surface area (Å²) in [4.78, 5) is 0. The Morgan fingerprint density at radius 1 is 1.36 bits per heavy atom. The van der Waals surface area contributed by atoms with Crippen molar-refractivity contribution in [2.75, 3.05) is 11.5 Å². The number of aliphatic hydroxyl groups is 1. The summed E-state index contributed by atoms with van der Waals surface area (Å²) in [6.45, 7) is 0. The third-order valence-electron chi connectivity index (χ3n) is 2.62. The molecule has 2 atom stereocenters. The molecule has 0 saturated carbocycles. The van der Waals surface area contributed by atoms with Crippen LogP contribution in [0.5, 0.6) is 0 Å². The highest BCUT2D eigenvalue weighted by atomic mass is 79.9. The number of halogens is 1. The lowest BCUT2D eigenvalue weighted by Gasteiger charge is -2.17. The maximum Gasteiger partial charge on any atom is 0.0826 e. The van der Waals surface area contributed by atoms with Crippen molar-refractivity contribution >= 4 is 27.7 Å². The number of benzene rings is 1. The fourth-order valence-corrected chi connectivity index (χ4v) is 3.29. The van der Waals surface area contributed by atoms with E-state index in [1.54, 1.807) is 0 Å². The summed E-state index contributed by atoms with van der Waals surface area (Å²) in [6.07, 6.45) is 0.861. The van der Waals surface area contributed by atoms with Gasteiger partial charge in [0.15, 0.2) is 0 Å². The van der Waals surface area contributed by atoms with Crippen molar-refractivity contribution in [3.05, 3.63) is 34.3 Å². The number of hydrogen-bond donors (Lipinski definition) is 1. The van der Waals surface area contributed by atoms with Crippen LogP contribution in [0.3, 0.4) is 0 Å². The summed E-state index contributed by atoms with van der Waals surface area (Å²) in [5, 5.41) is 10.1. The van der Waals surface area contributed by atoms with Crippen molar-refractivity contribution in [3.8, 4) is 0 Å². The minimum Gasteiger partial charge on any atom is -0.388 e. The van der Waals surface area contributed by atoms with Crippen LogP contribution in [-0.2, 0) is 0 Å².